The van der Waals surface area contributed by atoms with Crippen LogP contribution in [0.1, 0.15) is 16.1 Å². The average Bonchev–Trinajstić information content (AvgIpc) is 2.77. The SMILES string of the molecule is COCCn1ncc(Cl)c1C(=O)c1ccccc1Cl. The lowest BCUT2D eigenvalue weighted by atomic mass is 10.1. The van der Waals surface area contributed by atoms with E-state index >= 15 is 0 Å². The van der Waals surface area contributed by atoms with Crippen LogP contribution < -0.4 is 0 Å². The van der Waals surface area contributed by atoms with Gasteiger partial charge in [-0.3, -0.25) is 9.48 Å². The first-order valence-electron chi connectivity index (χ1n) is 5.64. The van der Waals surface area contributed by atoms with Crippen molar-refractivity contribution in [2.75, 3.05) is 13.7 Å². The van der Waals surface area contributed by atoms with Gasteiger partial charge < -0.3 is 4.74 Å². The smallest absolute Gasteiger partial charge is 0.214 e. The van der Waals surface area contributed by atoms with Crippen molar-refractivity contribution in [1.29, 1.82) is 0 Å². The Morgan fingerprint density at radius 1 is 1.32 bits per heavy atom. The molecule has 0 unspecified atom stereocenters. The first-order chi connectivity index (χ1) is 9.15. The van der Waals surface area contributed by atoms with Crippen molar-refractivity contribution in [2.45, 2.75) is 6.54 Å². The maximum Gasteiger partial charge on any atom is 0.214 e. The van der Waals surface area contributed by atoms with E-state index in [1.165, 1.54) is 10.9 Å². The Bertz CT molecular complexity index is 596. The van der Waals surface area contributed by atoms with Gasteiger partial charge in [-0.05, 0) is 12.1 Å². The fourth-order valence-electron chi connectivity index (χ4n) is 1.71. The van der Waals surface area contributed by atoms with E-state index in [0.29, 0.717) is 34.5 Å². The van der Waals surface area contributed by atoms with Gasteiger partial charge in [-0.2, -0.15) is 5.10 Å². The van der Waals surface area contributed by atoms with Crippen molar-refractivity contribution >= 4 is 29.0 Å². The van der Waals surface area contributed by atoms with Crippen molar-refractivity contribution in [1.82, 2.24) is 9.78 Å². The standard InChI is InChI=1S/C13H12Cl2N2O2/c1-19-7-6-17-12(11(15)8-16-17)13(18)9-4-2-3-5-10(9)14/h2-5,8H,6-7H2,1H3. The fourth-order valence-corrected chi connectivity index (χ4v) is 2.16. The van der Waals surface area contributed by atoms with Gasteiger partial charge in [-0.25, -0.2) is 0 Å². The number of carbonyl (C=O) groups is 1. The summed E-state index contributed by atoms with van der Waals surface area (Å²) in [5.41, 5.74) is 0.733. The van der Waals surface area contributed by atoms with Crippen LogP contribution in [0.4, 0.5) is 0 Å². The van der Waals surface area contributed by atoms with Gasteiger partial charge in [-0.1, -0.05) is 35.3 Å². The van der Waals surface area contributed by atoms with Crippen LogP contribution in [0, 0.1) is 0 Å². The van der Waals surface area contributed by atoms with E-state index in [9.17, 15) is 4.79 Å². The third-order valence-corrected chi connectivity index (χ3v) is 3.24. The lowest BCUT2D eigenvalue weighted by Crippen LogP contribution is -2.15. The summed E-state index contributed by atoms with van der Waals surface area (Å²) < 4.78 is 6.50. The van der Waals surface area contributed by atoms with E-state index in [-0.39, 0.29) is 5.78 Å². The number of ketones is 1. The summed E-state index contributed by atoms with van der Waals surface area (Å²) in [4.78, 5) is 12.5. The normalized spacial score (nSPS) is 10.7. The van der Waals surface area contributed by atoms with E-state index in [1.54, 1.807) is 31.4 Å². The Hall–Kier alpha value is -1.36. The van der Waals surface area contributed by atoms with Crippen LogP contribution in [-0.2, 0) is 11.3 Å². The molecule has 19 heavy (non-hydrogen) atoms. The van der Waals surface area contributed by atoms with Gasteiger partial charge in [0.05, 0.1) is 29.4 Å². The molecule has 2 aromatic rings. The number of ether oxygens (including phenoxy) is 1. The first kappa shape index (κ1) is 14.1. The maximum absolute atomic E-state index is 12.5. The third-order valence-electron chi connectivity index (χ3n) is 2.64. The van der Waals surface area contributed by atoms with Crippen molar-refractivity contribution in [3.05, 3.63) is 51.8 Å². The molecule has 0 aliphatic carbocycles. The molecule has 0 aliphatic rings. The summed E-state index contributed by atoms with van der Waals surface area (Å²) in [6, 6.07) is 6.85. The molecule has 0 radical (unpaired) electrons. The van der Waals surface area contributed by atoms with Crippen molar-refractivity contribution in [3.63, 3.8) is 0 Å². The Labute approximate surface area is 120 Å². The van der Waals surface area contributed by atoms with Gasteiger partial charge in [-0.15, -0.1) is 0 Å². The molecular weight excluding hydrogens is 287 g/mol. The molecule has 0 aliphatic heterocycles. The summed E-state index contributed by atoms with van der Waals surface area (Å²) in [5, 5.41) is 4.77. The second-order valence-electron chi connectivity index (χ2n) is 3.87. The van der Waals surface area contributed by atoms with Crippen molar-refractivity contribution in [3.8, 4) is 0 Å². The van der Waals surface area contributed by atoms with Gasteiger partial charge in [0.1, 0.15) is 5.69 Å². The number of halogens is 2. The predicted octanol–water partition coefficient (Wildman–Crippen LogP) is 3.07. The minimum Gasteiger partial charge on any atom is -0.383 e. The minimum absolute atomic E-state index is 0.246. The zero-order valence-corrected chi connectivity index (χ0v) is 11.8. The number of benzene rings is 1. The van der Waals surface area contributed by atoms with E-state index in [0.717, 1.165) is 0 Å². The third kappa shape index (κ3) is 2.97. The Kier molecular flexibility index (Phi) is 4.58. The molecule has 0 amide bonds. The molecule has 1 aromatic heterocycles. The van der Waals surface area contributed by atoms with E-state index < -0.39 is 0 Å². The van der Waals surface area contributed by atoms with Crippen LogP contribution in [0.15, 0.2) is 30.5 Å². The Morgan fingerprint density at radius 3 is 2.74 bits per heavy atom. The molecular formula is C13H12Cl2N2O2. The van der Waals surface area contributed by atoms with Gasteiger partial charge in [0.2, 0.25) is 5.78 Å². The van der Waals surface area contributed by atoms with Crippen molar-refractivity contribution < 1.29 is 9.53 Å². The molecule has 0 saturated heterocycles. The number of nitrogens with zero attached hydrogens (tertiary/aromatic N) is 2. The molecule has 6 heteroatoms. The number of rotatable bonds is 5. The number of methoxy groups -OCH3 is 1. The summed E-state index contributed by atoms with van der Waals surface area (Å²) in [6.07, 6.45) is 1.45. The monoisotopic (exact) mass is 298 g/mol. The molecule has 2 rings (SSSR count). The van der Waals surface area contributed by atoms with E-state index in [2.05, 4.69) is 5.10 Å². The summed E-state index contributed by atoms with van der Waals surface area (Å²) in [7, 11) is 1.58. The molecule has 0 atom stereocenters. The van der Waals surface area contributed by atoms with Crippen LogP contribution in [0.5, 0.6) is 0 Å². The second-order valence-corrected chi connectivity index (χ2v) is 4.68. The highest BCUT2D eigenvalue weighted by Gasteiger charge is 2.20. The quantitative estimate of drug-likeness (QED) is 0.797. The van der Waals surface area contributed by atoms with Crippen LogP contribution in [0.3, 0.4) is 0 Å². The topological polar surface area (TPSA) is 44.1 Å². The largest absolute Gasteiger partial charge is 0.383 e. The van der Waals surface area contributed by atoms with Gasteiger partial charge >= 0.3 is 0 Å². The highest BCUT2D eigenvalue weighted by Crippen LogP contribution is 2.23. The molecule has 100 valence electrons. The molecule has 0 spiro atoms. The lowest BCUT2D eigenvalue weighted by Gasteiger charge is -2.07. The van der Waals surface area contributed by atoms with E-state index in [4.69, 9.17) is 27.9 Å². The summed E-state index contributed by atoms with van der Waals surface area (Å²) >= 11 is 12.1. The lowest BCUT2D eigenvalue weighted by molar-refractivity contribution is 0.102. The maximum atomic E-state index is 12.5. The van der Waals surface area contributed by atoms with Gasteiger partial charge in [0.15, 0.2) is 0 Å². The number of hydrogen-bond donors (Lipinski definition) is 0. The molecule has 1 aromatic carbocycles. The second kappa shape index (κ2) is 6.19. The van der Waals surface area contributed by atoms with Gasteiger partial charge in [0, 0.05) is 12.7 Å². The number of aromatic nitrogens is 2. The van der Waals surface area contributed by atoms with Crippen molar-refractivity contribution in [2.24, 2.45) is 0 Å². The molecule has 0 saturated carbocycles. The summed E-state index contributed by atoms with van der Waals surface area (Å²) in [6.45, 7) is 0.898. The zero-order valence-electron chi connectivity index (χ0n) is 10.3. The highest BCUT2D eigenvalue weighted by atomic mass is 35.5. The Balaban J connectivity index is 2.39. The molecule has 0 N–H and O–H groups in total. The van der Waals surface area contributed by atoms with Crippen LogP contribution in [0.2, 0.25) is 10.0 Å². The average molecular weight is 299 g/mol. The minimum atomic E-state index is -0.246. The molecule has 1 heterocycles. The first-order valence-corrected chi connectivity index (χ1v) is 6.40. The molecule has 0 bridgehead atoms. The molecule has 4 nitrogen and oxygen atoms in total. The highest BCUT2D eigenvalue weighted by molar-refractivity contribution is 6.37. The van der Waals surface area contributed by atoms with Crippen LogP contribution in [0.25, 0.3) is 0 Å². The number of hydrogen-bond acceptors (Lipinski definition) is 3. The summed E-state index contributed by atoms with van der Waals surface area (Å²) in [5.74, 6) is -0.246. The fraction of sp³-hybridized carbons (Fsp3) is 0.231. The van der Waals surface area contributed by atoms with Crippen LogP contribution >= 0.6 is 23.2 Å². The molecule has 0 fully saturated rings. The van der Waals surface area contributed by atoms with Crippen LogP contribution in [-0.4, -0.2) is 29.3 Å². The predicted molar refractivity (Wildman–Crippen MR) is 74.0 cm³/mol. The van der Waals surface area contributed by atoms with E-state index in [1.807, 2.05) is 0 Å². The van der Waals surface area contributed by atoms with Gasteiger partial charge in [0.25, 0.3) is 0 Å². The Morgan fingerprint density at radius 2 is 2.05 bits per heavy atom. The zero-order chi connectivity index (χ0) is 13.8. The number of carbonyl (C=O) groups excluding carboxylic acids is 1.